The van der Waals surface area contributed by atoms with Gasteiger partial charge in [0.15, 0.2) is 0 Å². The molecule has 0 N–H and O–H groups in total. The molecule has 2 aromatic rings. The van der Waals surface area contributed by atoms with Crippen molar-refractivity contribution in [2.75, 3.05) is 52.5 Å². The number of hydrogen-bond donors (Lipinski definition) is 0. The van der Waals surface area contributed by atoms with Crippen LogP contribution in [0.25, 0.3) is 0 Å². The predicted molar refractivity (Wildman–Crippen MR) is 133 cm³/mol. The van der Waals surface area contributed by atoms with Gasteiger partial charge in [0, 0.05) is 51.7 Å². The van der Waals surface area contributed by atoms with Crippen molar-refractivity contribution in [2.45, 2.75) is 33.2 Å². The smallest absolute Gasteiger partial charge is 0.409 e. The van der Waals surface area contributed by atoms with Gasteiger partial charge in [-0.3, -0.25) is 9.69 Å². The molecule has 1 aromatic heterocycles. The Morgan fingerprint density at radius 3 is 2.47 bits per heavy atom. The van der Waals surface area contributed by atoms with Gasteiger partial charge in [-0.1, -0.05) is 12.1 Å². The molecule has 2 aliphatic rings. The van der Waals surface area contributed by atoms with Gasteiger partial charge >= 0.3 is 6.09 Å². The number of likely N-dealkylation sites (tertiary alicyclic amines) is 1. The lowest BCUT2D eigenvalue weighted by molar-refractivity contribution is 0.0637. The van der Waals surface area contributed by atoms with E-state index in [1.165, 1.54) is 16.9 Å². The highest BCUT2D eigenvalue weighted by molar-refractivity contribution is 7.12. The molecule has 0 bridgehead atoms. The van der Waals surface area contributed by atoms with E-state index in [0.717, 1.165) is 61.8 Å². The number of thiophene rings is 1. The summed E-state index contributed by atoms with van der Waals surface area (Å²) in [5.74, 6) is 1.38. The fraction of sp³-hybridized carbons (Fsp3) is 0.538. The van der Waals surface area contributed by atoms with Gasteiger partial charge in [0.1, 0.15) is 5.75 Å². The van der Waals surface area contributed by atoms with Crippen LogP contribution >= 0.6 is 11.3 Å². The molecular weight excluding hydrogens is 450 g/mol. The summed E-state index contributed by atoms with van der Waals surface area (Å²) in [6.07, 6.45) is 1.89. The molecule has 184 valence electrons. The van der Waals surface area contributed by atoms with E-state index in [1.54, 1.807) is 4.90 Å². The molecular formula is C26H35N3O4S. The largest absolute Gasteiger partial charge is 0.493 e. The third-order valence-electron chi connectivity index (χ3n) is 6.58. The van der Waals surface area contributed by atoms with Crippen LogP contribution < -0.4 is 4.74 Å². The number of amides is 2. The van der Waals surface area contributed by atoms with Crippen molar-refractivity contribution in [2.24, 2.45) is 5.92 Å². The lowest BCUT2D eigenvalue weighted by Crippen LogP contribution is -2.48. The average Bonchev–Trinajstić information content (AvgIpc) is 3.29. The lowest BCUT2D eigenvalue weighted by Gasteiger charge is -2.34. The van der Waals surface area contributed by atoms with E-state index in [1.807, 2.05) is 42.3 Å². The second kappa shape index (κ2) is 11.7. The van der Waals surface area contributed by atoms with Gasteiger partial charge in [-0.05, 0) is 61.4 Å². The van der Waals surface area contributed by atoms with Crippen LogP contribution in [0.4, 0.5) is 4.79 Å². The highest BCUT2D eigenvalue weighted by Gasteiger charge is 2.26. The summed E-state index contributed by atoms with van der Waals surface area (Å²) >= 11 is 1.53. The molecule has 8 heteroatoms. The Labute approximate surface area is 206 Å². The zero-order valence-corrected chi connectivity index (χ0v) is 21.0. The molecule has 0 unspecified atom stereocenters. The highest BCUT2D eigenvalue weighted by atomic mass is 32.1. The predicted octanol–water partition coefficient (Wildman–Crippen LogP) is 4.26. The minimum Gasteiger partial charge on any atom is -0.493 e. The van der Waals surface area contributed by atoms with Crippen molar-refractivity contribution in [3.63, 3.8) is 0 Å². The Morgan fingerprint density at radius 1 is 1.03 bits per heavy atom. The maximum atomic E-state index is 12.8. The van der Waals surface area contributed by atoms with E-state index in [9.17, 15) is 9.59 Å². The second-order valence-electron chi connectivity index (χ2n) is 9.11. The molecule has 0 saturated carbocycles. The molecule has 0 radical (unpaired) electrons. The van der Waals surface area contributed by atoms with E-state index in [2.05, 4.69) is 17.0 Å². The first-order chi connectivity index (χ1) is 16.5. The molecule has 0 spiro atoms. The van der Waals surface area contributed by atoms with Gasteiger partial charge in [0.25, 0.3) is 5.91 Å². The minimum absolute atomic E-state index is 0.157. The summed E-state index contributed by atoms with van der Waals surface area (Å²) in [5.41, 5.74) is 2.30. The van der Waals surface area contributed by atoms with Gasteiger partial charge in [0.05, 0.1) is 18.1 Å². The van der Waals surface area contributed by atoms with Crippen LogP contribution in [0.1, 0.15) is 40.6 Å². The number of hydrogen-bond acceptors (Lipinski definition) is 6. The zero-order chi connectivity index (χ0) is 23.9. The maximum absolute atomic E-state index is 12.8. The van der Waals surface area contributed by atoms with Crippen LogP contribution in [0.2, 0.25) is 0 Å². The monoisotopic (exact) mass is 485 g/mol. The first-order valence-corrected chi connectivity index (χ1v) is 13.1. The van der Waals surface area contributed by atoms with Crippen molar-refractivity contribution < 1.29 is 19.1 Å². The molecule has 7 nitrogen and oxygen atoms in total. The number of nitrogens with zero attached hydrogens (tertiary/aromatic N) is 3. The van der Waals surface area contributed by atoms with Crippen LogP contribution in [-0.4, -0.2) is 79.2 Å². The van der Waals surface area contributed by atoms with Crippen molar-refractivity contribution in [3.05, 3.63) is 51.7 Å². The second-order valence-corrected chi connectivity index (χ2v) is 10.0. The van der Waals surface area contributed by atoms with E-state index in [-0.39, 0.29) is 12.0 Å². The third-order valence-corrected chi connectivity index (χ3v) is 7.58. The molecule has 2 amide bonds. The SMILES string of the molecule is CCOC(=O)N1CCN(Cc2ccc(OC[C@@H]3CCCN(C(=O)c4sccc4C)C3)cc2)CC1. The summed E-state index contributed by atoms with van der Waals surface area (Å²) in [5, 5.41) is 1.99. The molecule has 2 fully saturated rings. The first-order valence-electron chi connectivity index (χ1n) is 12.2. The Hall–Kier alpha value is -2.58. The van der Waals surface area contributed by atoms with E-state index >= 15 is 0 Å². The molecule has 1 aromatic carbocycles. The van der Waals surface area contributed by atoms with Gasteiger partial charge in [0.2, 0.25) is 0 Å². The van der Waals surface area contributed by atoms with Crippen LogP contribution in [0, 0.1) is 12.8 Å². The number of rotatable bonds is 7. The lowest BCUT2D eigenvalue weighted by atomic mass is 9.98. The number of piperazine rings is 1. The van der Waals surface area contributed by atoms with Gasteiger partial charge in [-0.15, -0.1) is 11.3 Å². The quantitative estimate of drug-likeness (QED) is 0.586. The first kappa shape index (κ1) is 24.5. The Balaban J connectivity index is 1.21. The van der Waals surface area contributed by atoms with E-state index in [0.29, 0.717) is 32.2 Å². The molecule has 3 heterocycles. The van der Waals surface area contributed by atoms with Crippen molar-refractivity contribution in [1.29, 1.82) is 0 Å². The summed E-state index contributed by atoms with van der Waals surface area (Å²) in [6, 6.07) is 10.3. The van der Waals surface area contributed by atoms with E-state index in [4.69, 9.17) is 9.47 Å². The molecule has 0 aliphatic carbocycles. The molecule has 34 heavy (non-hydrogen) atoms. The number of aryl methyl sites for hydroxylation is 1. The van der Waals surface area contributed by atoms with Gasteiger partial charge < -0.3 is 19.3 Å². The third kappa shape index (κ3) is 6.30. The number of piperidine rings is 1. The van der Waals surface area contributed by atoms with Crippen molar-refractivity contribution in [3.8, 4) is 5.75 Å². The van der Waals surface area contributed by atoms with Crippen molar-refractivity contribution >= 4 is 23.3 Å². The Morgan fingerprint density at radius 2 is 1.79 bits per heavy atom. The van der Waals surface area contributed by atoms with E-state index < -0.39 is 0 Å². The van der Waals surface area contributed by atoms with Crippen LogP contribution in [0.15, 0.2) is 35.7 Å². The standard InChI is InChI=1S/C26H35N3O4S/c1-3-32-26(31)28-14-12-27(13-15-28)17-21-6-8-23(9-7-21)33-19-22-5-4-11-29(18-22)25(30)24-20(2)10-16-34-24/h6-10,16,22H,3-5,11-15,17-19H2,1-2H3/t22-/m1/s1. The molecule has 2 saturated heterocycles. The molecule has 4 rings (SSSR count). The van der Waals surface area contributed by atoms with Gasteiger partial charge in [-0.2, -0.15) is 0 Å². The topological polar surface area (TPSA) is 62.3 Å². The molecule has 1 atom stereocenters. The average molecular weight is 486 g/mol. The van der Waals surface area contributed by atoms with Crippen LogP contribution in [0.5, 0.6) is 5.75 Å². The normalized spacial score (nSPS) is 19.2. The Bertz CT molecular complexity index is 953. The summed E-state index contributed by atoms with van der Waals surface area (Å²) < 4.78 is 11.2. The fourth-order valence-electron chi connectivity index (χ4n) is 4.59. The Kier molecular flexibility index (Phi) is 8.45. The number of benzene rings is 1. The van der Waals surface area contributed by atoms with Gasteiger partial charge in [-0.25, -0.2) is 4.79 Å². The molecule has 2 aliphatic heterocycles. The zero-order valence-electron chi connectivity index (χ0n) is 20.2. The van der Waals surface area contributed by atoms with Crippen LogP contribution in [-0.2, 0) is 11.3 Å². The number of carbonyl (C=O) groups excluding carboxylic acids is 2. The fourth-order valence-corrected chi connectivity index (χ4v) is 5.48. The summed E-state index contributed by atoms with van der Waals surface area (Å²) in [6.45, 7) is 10.4. The minimum atomic E-state index is -0.212. The highest BCUT2D eigenvalue weighted by Crippen LogP contribution is 2.24. The summed E-state index contributed by atoms with van der Waals surface area (Å²) in [7, 11) is 0. The van der Waals surface area contributed by atoms with Crippen molar-refractivity contribution in [1.82, 2.24) is 14.7 Å². The number of ether oxygens (including phenoxy) is 2. The summed E-state index contributed by atoms with van der Waals surface area (Å²) in [4.78, 5) is 31.7. The maximum Gasteiger partial charge on any atom is 0.409 e. The van der Waals surface area contributed by atoms with Crippen LogP contribution in [0.3, 0.4) is 0 Å². The number of carbonyl (C=O) groups is 2.